The van der Waals surface area contributed by atoms with Crippen LogP contribution in [0.4, 0.5) is 13.2 Å². The summed E-state index contributed by atoms with van der Waals surface area (Å²) in [6.45, 7) is 1.39. The summed E-state index contributed by atoms with van der Waals surface area (Å²) in [5.74, 6) is 0.300. The van der Waals surface area contributed by atoms with Crippen molar-refractivity contribution in [3.63, 3.8) is 0 Å². The van der Waals surface area contributed by atoms with Crippen LogP contribution in [-0.4, -0.2) is 25.4 Å². The highest BCUT2D eigenvalue weighted by Crippen LogP contribution is 2.27. The van der Waals surface area contributed by atoms with Crippen LogP contribution in [0, 0.1) is 5.92 Å². The number of nitrogens with one attached hydrogen (secondary N) is 2. The SMILES string of the molecule is O=C(CNCC1CC1)NCc1ccc(OC(F)(F)F)cc1. The zero-order chi connectivity index (χ0) is 15.3. The van der Waals surface area contributed by atoms with Crippen LogP contribution in [0.3, 0.4) is 0 Å². The summed E-state index contributed by atoms with van der Waals surface area (Å²) >= 11 is 0. The number of hydrogen-bond donors (Lipinski definition) is 2. The Labute approximate surface area is 120 Å². The Morgan fingerprint density at radius 3 is 2.48 bits per heavy atom. The number of halogens is 3. The van der Waals surface area contributed by atoms with Gasteiger partial charge in [0.1, 0.15) is 5.75 Å². The molecular weight excluding hydrogens is 285 g/mol. The van der Waals surface area contributed by atoms with E-state index in [4.69, 9.17) is 0 Å². The zero-order valence-electron chi connectivity index (χ0n) is 11.4. The lowest BCUT2D eigenvalue weighted by Gasteiger charge is -2.10. The second-order valence-electron chi connectivity index (χ2n) is 5.04. The van der Waals surface area contributed by atoms with Crippen LogP contribution in [0.25, 0.3) is 0 Å². The predicted octanol–water partition coefficient (Wildman–Crippen LogP) is 2.20. The summed E-state index contributed by atoms with van der Waals surface area (Å²) in [6, 6.07) is 5.42. The van der Waals surface area contributed by atoms with Crippen molar-refractivity contribution in [2.75, 3.05) is 13.1 Å². The molecule has 1 aliphatic rings. The van der Waals surface area contributed by atoms with Crippen molar-refractivity contribution in [1.82, 2.24) is 10.6 Å². The van der Waals surface area contributed by atoms with Crippen molar-refractivity contribution >= 4 is 5.91 Å². The number of carbonyl (C=O) groups excluding carboxylic acids is 1. The summed E-state index contributed by atoms with van der Waals surface area (Å²) < 4.78 is 39.7. The number of alkyl halides is 3. The summed E-state index contributed by atoms with van der Waals surface area (Å²) in [7, 11) is 0. The number of amides is 1. The molecule has 0 unspecified atom stereocenters. The summed E-state index contributed by atoms with van der Waals surface area (Å²) in [5.41, 5.74) is 0.708. The number of ether oxygens (including phenoxy) is 1. The van der Waals surface area contributed by atoms with Crippen molar-refractivity contribution in [1.29, 1.82) is 0 Å². The maximum Gasteiger partial charge on any atom is 0.573 e. The van der Waals surface area contributed by atoms with E-state index < -0.39 is 6.36 Å². The first-order chi connectivity index (χ1) is 9.92. The van der Waals surface area contributed by atoms with E-state index in [1.165, 1.54) is 37.1 Å². The van der Waals surface area contributed by atoms with E-state index in [0.717, 1.165) is 6.54 Å². The summed E-state index contributed by atoms with van der Waals surface area (Å²) in [6.07, 6.45) is -2.25. The normalized spacial score (nSPS) is 14.8. The Morgan fingerprint density at radius 2 is 1.90 bits per heavy atom. The molecule has 1 amide bonds. The van der Waals surface area contributed by atoms with Crippen molar-refractivity contribution in [3.05, 3.63) is 29.8 Å². The Bertz CT molecular complexity index is 470. The third-order valence-corrected chi connectivity index (χ3v) is 3.06. The molecular formula is C14H17F3N2O2. The van der Waals surface area contributed by atoms with E-state index in [9.17, 15) is 18.0 Å². The number of rotatable bonds is 7. The third-order valence-electron chi connectivity index (χ3n) is 3.06. The highest BCUT2D eigenvalue weighted by molar-refractivity contribution is 5.77. The van der Waals surface area contributed by atoms with E-state index in [2.05, 4.69) is 15.4 Å². The van der Waals surface area contributed by atoms with Crippen LogP contribution in [0.1, 0.15) is 18.4 Å². The van der Waals surface area contributed by atoms with Crippen molar-refractivity contribution < 1.29 is 22.7 Å². The highest BCUT2D eigenvalue weighted by Gasteiger charge is 2.30. The molecule has 4 nitrogen and oxygen atoms in total. The van der Waals surface area contributed by atoms with E-state index in [1.54, 1.807) is 0 Å². The minimum absolute atomic E-state index is 0.133. The van der Waals surface area contributed by atoms with Gasteiger partial charge in [0.05, 0.1) is 6.54 Å². The molecule has 1 aromatic carbocycles. The van der Waals surface area contributed by atoms with Crippen LogP contribution in [-0.2, 0) is 11.3 Å². The molecule has 2 N–H and O–H groups in total. The fourth-order valence-corrected chi connectivity index (χ4v) is 1.78. The first kappa shape index (κ1) is 15.6. The molecule has 0 radical (unpaired) electrons. The minimum atomic E-state index is -4.69. The lowest BCUT2D eigenvalue weighted by atomic mass is 10.2. The van der Waals surface area contributed by atoms with Gasteiger partial charge in [-0.05, 0) is 43.0 Å². The lowest BCUT2D eigenvalue weighted by molar-refractivity contribution is -0.274. The van der Waals surface area contributed by atoms with Crippen LogP contribution in [0.2, 0.25) is 0 Å². The Balaban J connectivity index is 1.68. The van der Waals surface area contributed by atoms with Gasteiger partial charge >= 0.3 is 6.36 Å². The Hall–Kier alpha value is -1.76. The molecule has 21 heavy (non-hydrogen) atoms. The molecule has 0 saturated heterocycles. The van der Waals surface area contributed by atoms with Gasteiger partial charge in [-0.1, -0.05) is 12.1 Å². The van der Waals surface area contributed by atoms with Gasteiger partial charge in [-0.25, -0.2) is 0 Å². The van der Waals surface area contributed by atoms with E-state index >= 15 is 0 Å². The fourth-order valence-electron chi connectivity index (χ4n) is 1.78. The van der Waals surface area contributed by atoms with Gasteiger partial charge in [-0.15, -0.1) is 13.2 Å². The minimum Gasteiger partial charge on any atom is -0.406 e. The lowest BCUT2D eigenvalue weighted by Crippen LogP contribution is -2.34. The van der Waals surface area contributed by atoms with Gasteiger partial charge < -0.3 is 15.4 Å². The van der Waals surface area contributed by atoms with Gasteiger partial charge in [0.2, 0.25) is 5.91 Å². The second-order valence-corrected chi connectivity index (χ2v) is 5.04. The molecule has 2 rings (SSSR count). The maximum atomic E-state index is 12.0. The van der Waals surface area contributed by atoms with Gasteiger partial charge in [0, 0.05) is 6.54 Å². The van der Waals surface area contributed by atoms with Crippen molar-refractivity contribution in [3.8, 4) is 5.75 Å². The van der Waals surface area contributed by atoms with Gasteiger partial charge in [-0.2, -0.15) is 0 Å². The molecule has 1 saturated carbocycles. The van der Waals surface area contributed by atoms with Crippen LogP contribution < -0.4 is 15.4 Å². The first-order valence-electron chi connectivity index (χ1n) is 6.74. The average Bonchev–Trinajstić information content (AvgIpc) is 3.20. The van der Waals surface area contributed by atoms with Crippen molar-refractivity contribution in [2.24, 2.45) is 5.92 Å². The zero-order valence-corrected chi connectivity index (χ0v) is 11.4. The van der Waals surface area contributed by atoms with E-state index in [-0.39, 0.29) is 24.7 Å². The van der Waals surface area contributed by atoms with Gasteiger partial charge in [0.25, 0.3) is 0 Å². The predicted molar refractivity (Wildman–Crippen MR) is 70.6 cm³/mol. The van der Waals surface area contributed by atoms with Crippen molar-refractivity contribution in [2.45, 2.75) is 25.7 Å². The molecule has 1 fully saturated rings. The quantitative estimate of drug-likeness (QED) is 0.812. The monoisotopic (exact) mass is 302 g/mol. The molecule has 7 heteroatoms. The summed E-state index contributed by atoms with van der Waals surface area (Å²) in [5, 5.41) is 5.76. The smallest absolute Gasteiger partial charge is 0.406 e. The Kier molecular flexibility index (Phi) is 5.06. The summed E-state index contributed by atoms with van der Waals surface area (Å²) in [4.78, 5) is 11.5. The third kappa shape index (κ3) is 6.48. The van der Waals surface area contributed by atoms with E-state index in [0.29, 0.717) is 11.5 Å². The molecule has 0 bridgehead atoms. The molecule has 116 valence electrons. The largest absolute Gasteiger partial charge is 0.573 e. The van der Waals surface area contributed by atoms with Crippen LogP contribution in [0.5, 0.6) is 5.75 Å². The molecule has 0 heterocycles. The van der Waals surface area contributed by atoms with Gasteiger partial charge in [-0.3, -0.25) is 4.79 Å². The number of carbonyl (C=O) groups is 1. The molecule has 0 aliphatic heterocycles. The Morgan fingerprint density at radius 1 is 1.24 bits per heavy atom. The average molecular weight is 302 g/mol. The standard InChI is InChI=1S/C14H17F3N2O2/c15-14(16,17)21-12-5-3-11(4-6-12)8-19-13(20)9-18-7-10-1-2-10/h3-6,10,18H,1-2,7-9H2,(H,19,20). The fraction of sp³-hybridized carbons (Fsp3) is 0.500. The molecule has 1 aliphatic carbocycles. The molecule has 0 spiro atoms. The number of hydrogen-bond acceptors (Lipinski definition) is 3. The number of benzene rings is 1. The maximum absolute atomic E-state index is 12.0. The second kappa shape index (κ2) is 6.80. The highest BCUT2D eigenvalue weighted by atomic mass is 19.4. The molecule has 0 aromatic heterocycles. The van der Waals surface area contributed by atoms with Crippen LogP contribution >= 0.6 is 0 Å². The topological polar surface area (TPSA) is 50.4 Å². The van der Waals surface area contributed by atoms with Gasteiger partial charge in [0.15, 0.2) is 0 Å². The first-order valence-corrected chi connectivity index (χ1v) is 6.74. The van der Waals surface area contributed by atoms with E-state index in [1.807, 2.05) is 0 Å². The molecule has 0 atom stereocenters. The van der Waals surface area contributed by atoms with Crippen LogP contribution in [0.15, 0.2) is 24.3 Å². The molecule has 1 aromatic rings.